The maximum atomic E-state index is 12.1. The summed E-state index contributed by atoms with van der Waals surface area (Å²) in [6.07, 6.45) is 1.49. The second-order valence-corrected chi connectivity index (χ2v) is 3.93. The van der Waals surface area contributed by atoms with Crippen molar-refractivity contribution in [3.05, 3.63) is 40.9 Å². The van der Waals surface area contributed by atoms with Crippen LogP contribution >= 0.6 is 15.9 Å². The monoisotopic (exact) mass is 305 g/mol. The molecule has 0 unspecified atom stereocenters. The molecular formula is C11H10BrF2NO2. The van der Waals surface area contributed by atoms with Gasteiger partial charge in [0.15, 0.2) is 0 Å². The largest absolute Gasteiger partial charge is 0.434 e. The van der Waals surface area contributed by atoms with Crippen LogP contribution in [0.4, 0.5) is 8.78 Å². The van der Waals surface area contributed by atoms with E-state index in [9.17, 15) is 13.6 Å². The van der Waals surface area contributed by atoms with Crippen molar-refractivity contribution >= 4 is 21.8 Å². The number of hydrogen-bond donors (Lipinski definition) is 1. The molecule has 0 spiro atoms. The van der Waals surface area contributed by atoms with E-state index in [1.807, 2.05) is 0 Å². The molecule has 0 saturated heterocycles. The highest BCUT2D eigenvalue weighted by Gasteiger charge is 2.15. The van der Waals surface area contributed by atoms with Gasteiger partial charge in [0.1, 0.15) is 5.75 Å². The van der Waals surface area contributed by atoms with Gasteiger partial charge in [-0.2, -0.15) is 8.78 Å². The minimum atomic E-state index is -2.97. The van der Waals surface area contributed by atoms with Crippen LogP contribution in [0.15, 0.2) is 35.3 Å². The molecule has 3 nitrogen and oxygen atoms in total. The van der Waals surface area contributed by atoms with Crippen LogP contribution in [0.25, 0.3) is 0 Å². The van der Waals surface area contributed by atoms with E-state index in [0.717, 1.165) is 0 Å². The molecule has 1 rings (SSSR count). The third-order valence-electron chi connectivity index (χ3n) is 1.81. The third-order valence-corrected chi connectivity index (χ3v) is 2.30. The summed E-state index contributed by atoms with van der Waals surface area (Å²) in [6.45, 7) is 0.719. The number of benzene rings is 1. The molecule has 0 aliphatic heterocycles. The number of carbonyl (C=O) groups excluding carboxylic acids is 1. The zero-order chi connectivity index (χ0) is 12.8. The fourth-order valence-corrected chi connectivity index (χ4v) is 1.50. The number of ether oxygens (including phenoxy) is 1. The topological polar surface area (TPSA) is 38.3 Å². The SMILES string of the molecule is C=CCNC(=O)c1cc(Br)ccc1OC(F)F. The fraction of sp³-hybridized carbons (Fsp3) is 0.182. The first-order chi connectivity index (χ1) is 8.04. The van der Waals surface area contributed by atoms with Gasteiger partial charge in [0.05, 0.1) is 5.56 Å². The van der Waals surface area contributed by atoms with Gasteiger partial charge < -0.3 is 10.1 Å². The fourth-order valence-electron chi connectivity index (χ4n) is 1.14. The molecule has 0 bridgehead atoms. The number of alkyl halides is 2. The van der Waals surface area contributed by atoms with Crippen molar-refractivity contribution in [3.63, 3.8) is 0 Å². The summed E-state index contributed by atoms with van der Waals surface area (Å²) in [6, 6.07) is 4.23. The van der Waals surface area contributed by atoms with Gasteiger partial charge in [-0.05, 0) is 18.2 Å². The molecule has 0 radical (unpaired) electrons. The van der Waals surface area contributed by atoms with E-state index in [0.29, 0.717) is 4.47 Å². The average molecular weight is 306 g/mol. The van der Waals surface area contributed by atoms with Gasteiger partial charge in [0.25, 0.3) is 5.91 Å². The Bertz CT molecular complexity index is 424. The first kappa shape index (κ1) is 13.6. The molecule has 0 aliphatic carbocycles. The number of halogens is 3. The van der Waals surface area contributed by atoms with Gasteiger partial charge >= 0.3 is 6.61 Å². The Morgan fingerprint density at radius 1 is 1.59 bits per heavy atom. The minimum absolute atomic E-state index is 0.0431. The van der Waals surface area contributed by atoms with Gasteiger partial charge in [-0.1, -0.05) is 22.0 Å². The van der Waals surface area contributed by atoms with E-state index in [1.165, 1.54) is 24.3 Å². The van der Waals surface area contributed by atoms with Crippen molar-refractivity contribution in [2.24, 2.45) is 0 Å². The van der Waals surface area contributed by atoms with E-state index < -0.39 is 12.5 Å². The molecule has 1 aromatic rings. The van der Waals surface area contributed by atoms with Crippen LogP contribution in [0.2, 0.25) is 0 Å². The van der Waals surface area contributed by atoms with E-state index in [1.54, 1.807) is 0 Å². The summed E-state index contributed by atoms with van der Waals surface area (Å²) in [5.74, 6) is -0.661. The highest BCUT2D eigenvalue weighted by molar-refractivity contribution is 9.10. The van der Waals surface area contributed by atoms with Crippen molar-refractivity contribution in [2.45, 2.75) is 6.61 Å². The Hall–Kier alpha value is -1.43. The summed E-state index contributed by atoms with van der Waals surface area (Å²) in [5.41, 5.74) is 0.0431. The predicted molar refractivity (Wildman–Crippen MR) is 63.3 cm³/mol. The summed E-state index contributed by atoms with van der Waals surface area (Å²) in [7, 11) is 0. The number of rotatable bonds is 5. The van der Waals surface area contributed by atoms with Crippen molar-refractivity contribution < 1.29 is 18.3 Å². The van der Waals surface area contributed by atoms with Crippen molar-refractivity contribution in [1.82, 2.24) is 5.32 Å². The van der Waals surface area contributed by atoms with Crippen LogP contribution in [0, 0.1) is 0 Å². The smallest absolute Gasteiger partial charge is 0.387 e. The molecule has 0 atom stereocenters. The molecule has 0 aromatic heterocycles. The first-order valence-electron chi connectivity index (χ1n) is 4.68. The highest BCUT2D eigenvalue weighted by atomic mass is 79.9. The zero-order valence-electron chi connectivity index (χ0n) is 8.75. The van der Waals surface area contributed by atoms with Crippen molar-refractivity contribution in [2.75, 3.05) is 6.54 Å². The summed E-state index contributed by atoms with van der Waals surface area (Å²) in [4.78, 5) is 11.7. The first-order valence-corrected chi connectivity index (χ1v) is 5.47. The van der Waals surface area contributed by atoms with Crippen LogP contribution in [0.5, 0.6) is 5.75 Å². The lowest BCUT2D eigenvalue weighted by molar-refractivity contribution is -0.0501. The van der Waals surface area contributed by atoms with Gasteiger partial charge in [0.2, 0.25) is 0 Å². The molecule has 0 heterocycles. The maximum absolute atomic E-state index is 12.1. The molecule has 17 heavy (non-hydrogen) atoms. The number of nitrogens with one attached hydrogen (secondary N) is 1. The Labute approximate surface area is 106 Å². The third kappa shape index (κ3) is 4.14. The lowest BCUT2D eigenvalue weighted by Gasteiger charge is -2.10. The van der Waals surface area contributed by atoms with E-state index in [4.69, 9.17) is 0 Å². The van der Waals surface area contributed by atoms with E-state index in [-0.39, 0.29) is 17.9 Å². The van der Waals surface area contributed by atoms with Gasteiger partial charge in [0, 0.05) is 11.0 Å². The Kier molecular flexibility index (Phi) is 5.09. The quantitative estimate of drug-likeness (QED) is 0.849. The average Bonchev–Trinajstić information content (AvgIpc) is 2.27. The van der Waals surface area contributed by atoms with Crippen LogP contribution in [-0.2, 0) is 0 Å². The Balaban J connectivity index is 2.97. The molecular weight excluding hydrogens is 296 g/mol. The summed E-state index contributed by atoms with van der Waals surface area (Å²) < 4.78 is 29.1. The van der Waals surface area contributed by atoms with Gasteiger partial charge in [-0.3, -0.25) is 4.79 Å². The maximum Gasteiger partial charge on any atom is 0.387 e. The Morgan fingerprint density at radius 2 is 2.29 bits per heavy atom. The minimum Gasteiger partial charge on any atom is -0.434 e. The van der Waals surface area contributed by atoms with Crippen molar-refractivity contribution in [3.8, 4) is 5.75 Å². The van der Waals surface area contributed by atoms with Gasteiger partial charge in [-0.25, -0.2) is 0 Å². The zero-order valence-corrected chi connectivity index (χ0v) is 10.3. The molecule has 92 valence electrons. The molecule has 1 amide bonds. The normalized spacial score (nSPS) is 10.1. The van der Waals surface area contributed by atoms with Crippen LogP contribution in [0.3, 0.4) is 0 Å². The molecule has 6 heteroatoms. The van der Waals surface area contributed by atoms with Crippen LogP contribution < -0.4 is 10.1 Å². The second kappa shape index (κ2) is 6.34. The summed E-state index contributed by atoms with van der Waals surface area (Å²) >= 11 is 3.16. The Morgan fingerprint density at radius 3 is 2.88 bits per heavy atom. The van der Waals surface area contributed by atoms with E-state index in [2.05, 4.69) is 32.6 Å². The molecule has 0 fully saturated rings. The second-order valence-electron chi connectivity index (χ2n) is 3.02. The lowest BCUT2D eigenvalue weighted by atomic mass is 10.2. The van der Waals surface area contributed by atoms with Crippen LogP contribution in [-0.4, -0.2) is 19.1 Å². The predicted octanol–water partition coefficient (Wildman–Crippen LogP) is 2.97. The molecule has 1 aromatic carbocycles. The van der Waals surface area contributed by atoms with E-state index >= 15 is 0 Å². The highest BCUT2D eigenvalue weighted by Crippen LogP contribution is 2.24. The molecule has 1 N–H and O–H groups in total. The number of hydrogen-bond acceptors (Lipinski definition) is 2. The van der Waals surface area contributed by atoms with Crippen LogP contribution in [0.1, 0.15) is 10.4 Å². The molecule has 0 aliphatic rings. The number of amides is 1. The lowest BCUT2D eigenvalue weighted by Crippen LogP contribution is -2.24. The summed E-state index contributed by atoms with van der Waals surface area (Å²) in [5, 5.41) is 2.49. The van der Waals surface area contributed by atoms with Crippen molar-refractivity contribution in [1.29, 1.82) is 0 Å². The molecule has 0 saturated carbocycles. The van der Waals surface area contributed by atoms with Gasteiger partial charge in [-0.15, -0.1) is 6.58 Å². The number of carbonyl (C=O) groups is 1. The standard InChI is InChI=1S/C11H10BrF2NO2/c1-2-5-15-10(16)8-6-7(12)3-4-9(8)17-11(13)14/h2-4,6,11H,1,5H2,(H,15,16).